The molecule has 0 spiro atoms. The van der Waals surface area contributed by atoms with Crippen LogP contribution in [0.3, 0.4) is 0 Å². The van der Waals surface area contributed by atoms with Gasteiger partial charge in [0, 0.05) is 38.2 Å². The summed E-state index contributed by atoms with van der Waals surface area (Å²) in [5.74, 6) is -0.0326. The van der Waals surface area contributed by atoms with Crippen LogP contribution >= 0.6 is 45.8 Å². The fraction of sp³-hybridized carbons (Fsp3) is 0.259. The lowest BCUT2D eigenvalue weighted by Gasteiger charge is -2.32. The lowest BCUT2D eigenvalue weighted by atomic mass is 10.0. The Morgan fingerprint density at radius 3 is 2.17 bits per heavy atom. The standard InChI is InChI=1S/C27H27Cl2IN2O3/c1-18(2)31-27(34)25(15-19-7-4-3-5-8-19)32(16-22-23(28)9-6-10-24(22)29)26(33)17-35-21-13-11-20(30)12-14-21/h3-14,18,25H,15-17H2,1-2H3,(H,31,34). The van der Waals surface area contributed by atoms with Crippen molar-refractivity contribution in [2.24, 2.45) is 0 Å². The number of halogens is 3. The van der Waals surface area contributed by atoms with E-state index in [1.165, 1.54) is 4.90 Å². The number of amides is 2. The van der Waals surface area contributed by atoms with Crippen molar-refractivity contribution in [2.75, 3.05) is 6.61 Å². The van der Waals surface area contributed by atoms with Crippen molar-refractivity contribution >= 4 is 57.6 Å². The largest absolute Gasteiger partial charge is 0.484 e. The summed E-state index contributed by atoms with van der Waals surface area (Å²) in [4.78, 5) is 28.4. The second-order valence-electron chi connectivity index (χ2n) is 8.33. The van der Waals surface area contributed by atoms with Gasteiger partial charge in [-0.05, 0) is 78.4 Å². The highest BCUT2D eigenvalue weighted by Crippen LogP contribution is 2.27. The van der Waals surface area contributed by atoms with Gasteiger partial charge in [0.15, 0.2) is 6.61 Å². The Morgan fingerprint density at radius 2 is 1.57 bits per heavy atom. The third kappa shape index (κ3) is 8.12. The molecule has 2 amide bonds. The first-order chi connectivity index (χ1) is 16.7. The van der Waals surface area contributed by atoms with Crippen LogP contribution in [-0.2, 0) is 22.6 Å². The van der Waals surface area contributed by atoms with Gasteiger partial charge >= 0.3 is 0 Å². The van der Waals surface area contributed by atoms with E-state index in [2.05, 4.69) is 27.9 Å². The van der Waals surface area contributed by atoms with Gasteiger partial charge in [-0.15, -0.1) is 0 Å². The molecule has 8 heteroatoms. The summed E-state index contributed by atoms with van der Waals surface area (Å²) in [6, 6.07) is 21.3. The third-order valence-electron chi connectivity index (χ3n) is 5.27. The zero-order chi connectivity index (χ0) is 25.4. The van der Waals surface area contributed by atoms with Crippen LogP contribution < -0.4 is 10.1 Å². The van der Waals surface area contributed by atoms with Crippen molar-refractivity contribution in [3.8, 4) is 5.75 Å². The number of ether oxygens (including phenoxy) is 1. The lowest BCUT2D eigenvalue weighted by molar-refractivity contribution is -0.143. The molecule has 3 aromatic rings. The third-order valence-corrected chi connectivity index (χ3v) is 6.70. The van der Waals surface area contributed by atoms with Gasteiger partial charge in [-0.3, -0.25) is 9.59 Å². The van der Waals surface area contributed by atoms with E-state index in [0.717, 1.165) is 9.13 Å². The van der Waals surface area contributed by atoms with E-state index in [4.69, 9.17) is 27.9 Å². The normalized spacial score (nSPS) is 11.7. The summed E-state index contributed by atoms with van der Waals surface area (Å²) in [6.45, 7) is 3.60. The summed E-state index contributed by atoms with van der Waals surface area (Å²) in [5.41, 5.74) is 1.51. The van der Waals surface area contributed by atoms with Crippen LogP contribution in [0.4, 0.5) is 0 Å². The van der Waals surface area contributed by atoms with Crippen molar-refractivity contribution in [1.29, 1.82) is 0 Å². The first-order valence-electron chi connectivity index (χ1n) is 11.2. The molecule has 1 atom stereocenters. The molecule has 0 fully saturated rings. The van der Waals surface area contributed by atoms with E-state index in [9.17, 15) is 9.59 Å². The number of hydrogen-bond donors (Lipinski definition) is 1. The molecule has 35 heavy (non-hydrogen) atoms. The van der Waals surface area contributed by atoms with Crippen molar-refractivity contribution in [1.82, 2.24) is 10.2 Å². The number of hydrogen-bond acceptors (Lipinski definition) is 3. The summed E-state index contributed by atoms with van der Waals surface area (Å²) in [6.07, 6.45) is 0.330. The topological polar surface area (TPSA) is 58.6 Å². The summed E-state index contributed by atoms with van der Waals surface area (Å²) in [7, 11) is 0. The Kier molecular flexibility index (Phi) is 10.2. The zero-order valence-electron chi connectivity index (χ0n) is 19.5. The van der Waals surface area contributed by atoms with E-state index < -0.39 is 6.04 Å². The van der Waals surface area contributed by atoms with Gasteiger partial charge in [0.05, 0.1) is 0 Å². The minimum Gasteiger partial charge on any atom is -0.484 e. The van der Waals surface area contributed by atoms with Gasteiger partial charge in [-0.1, -0.05) is 59.6 Å². The number of benzene rings is 3. The fourth-order valence-corrected chi connectivity index (χ4v) is 4.42. The van der Waals surface area contributed by atoms with Crippen molar-refractivity contribution in [3.05, 3.63) is 97.5 Å². The summed E-state index contributed by atoms with van der Waals surface area (Å²) < 4.78 is 6.83. The molecule has 5 nitrogen and oxygen atoms in total. The van der Waals surface area contributed by atoms with Gasteiger partial charge in [-0.2, -0.15) is 0 Å². The molecule has 0 aliphatic rings. The number of carbonyl (C=O) groups is 2. The quantitative estimate of drug-likeness (QED) is 0.276. The molecule has 0 saturated heterocycles. The minimum atomic E-state index is -0.792. The van der Waals surface area contributed by atoms with Crippen LogP contribution in [0.15, 0.2) is 72.8 Å². The van der Waals surface area contributed by atoms with Crippen molar-refractivity contribution < 1.29 is 14.3 Å². The molecule has 1 unspecified atom stereocenters. The van der Waals surface area contributed by atoms with Crippen LogP contribution in [0, 0.1) is 3.57 Å². The number of carbonyl (C=O) groups excluding carboxylic acids is 2. The van der Waals surface area contributed by atoms with E-state index in [0.29, 0.717) is 27.8 Å². The molecule has 3 aromatic carbocycles. The molecular formula is C27H27Cl2IN2O3. The molecule has 184 valence electrons. The first kappa shape index (κ1) is 27.3. The average molecular weight is 625 g/mol. The van der Waals surface area contributed by atoms with Crippen molar-refractivity contribution in [3.63, 3.8) is 0 Å². The lowest BCUT2D eigenvalue weighted by Crippen LogP contribution is -2.52. The Bertz CT molecular complexity index is 1120. The summed E-state index contributed by atoms with van der Waals surface area (Å²) >= 11 is 15.1. The highest BCUT2D eigenvalue weighted by Gasteiger charge is 2.32. The van der Waals surface area contributed by atoms with Crippen LogP contribution in [0.2, 0.25) is 10.0 Å². The SMILES string of the molecule is CC(C)NC(=O)C(Cc1ccccc1)N(Cc1c(Cl)cccc1Cl)C(=O)COc1ccc(I)cc1. The van der Waals surface area contributed by atoms with E-state index >= 15 is 0 Å². The summed E-state index contributed by atoms with van der Waals surface area (Å²) in [5, 5.41) is 3.81. The Labute approximate surface area is 229 Å². The van der Waals surface area contributed by atoms with Crippen LogP contribution in [0.1, 0.15) is 25.0 Å². The molecule has 3 rings (SSSR count). The predicted octanol–water partition coefficient (Wildman–Crippen LogP) is 6.14. The van der Waals surface area contributed by atoms with Crippen LogP contribution in [0.25, 0.3) is 0 Å². The van der Waals surface area contributed by atoms with Gasteiger partial charge < -0.3 is 15.0 Å². The molecular weight excluding hydrogens is 598 g/mol. The molecule has 0 aromatic heterocycles. The first-order valence-corrected chi connectivity index (χ1v) is 13.0. The minimum absolute atomic E-state index is 0.0659. The van der Waals surface area contributed by atoms with E-state index in [-0.39, 0.29) is 31.0 Å². The van der Waals surface area contributed by atoms with Gasteiger partial charge in [0.25, 0.3) is 5.91 Å². The maximum atomic E-state index is 13.6. The molecule has 0 aliphatic carbocycles. The number of nitrogens with one attached hydrogen (secondary N) is 1. The maximum absolute atomic E-state index is 13.6. The average Bonchev–Trinajstić information content (AvgIpc) is 2.82. The predicted molar refractivity (Wildman–Crippen MR) is 149 cm³/mol. The second kappa shape index (κ2) is 13.1. The highest BCUT2D eigenvalue weighted by molar-refractivity contribution is 14.1. The molecule has 0 saturated carbocycles. The highest BCUT2D eigenvalue weighted by atomic mass is 127. The Hall–Kier alpha value is -2.29. The van der Waals surface area contributed by atoms with Crippen molar-refractivity contribution in [2.45, 2.75) is 38.9 Å². The smallest absolute Gasteiger partial charge is 0.261 e. The molecule has 0 heterocycles. The Morgan fingerprint density at radius 1 is 0.943 bits per heavy atom. The van der Waals surface area contributed by atoms with E-state index in [1.807, 2.05) is 56.3 Å². The molecule has 1 N–H and O–H groups in total. The van der Waals surface area contributed by atoms with Gasteiger partial charge in [0.2, 0.25) is 5.91 Å². The van der Waals surface area contributed by atoms with Gasteiger partial charge in [-0.25, -0.2) is 0 Å². The molecule has 0 radical (unpaired) electrons. The number of nitrogens with zero attached hydrogens (tertiary/aromatic N) is 1. The second-order valence-corrected chi connectivity index (χ2v) is 10.4. The number of rotatable bonds is 10. The Balaban J connectivity index is 1.95. The van der Waals surface area contributed by atoms with Crippen LogP contribution in [0.5, 0.6) is 5.75 Å². The van der Waals surface area contributed by atoms with E-state index in [1.54, 1.807) is 30.3 Å². The molecule has 0 aliphatic heterocycles. The van der Waals surface area contributed by atoms with Crippen LogP contribution in [-0.4, -0.2) is 35.4 Å². The zero-order valence-corrected chi connectivity index (χ0v) is 23.2. The molecule has 0 bridgehead atoms. The van der Waals surface area contributed by atoms with Gasteiger partial charge in [0.1, 0.15) is 11.8 Å². The fourth-order valence-electron chi connectivity index (χ4n) is 3.55. The monoisotopic (exact) mass is 624 g/mol. The maximum Gasteiger partial charge on any atom is 0.261 e.